The molecule has 1 saturated carbocycles. The van der Waals surface area contributed by atoms with Gasteiger partial charge in [0.05, 0.1) is 5.60 Å². The van der Waals surface area contributed by atoms with Crippen LogP contribution in [0.25, 0.3) is 0 Å². The molecule has 1 fully saturated rings. The first-order valence-electron chi connectivity index (χ1n) is 3.96. The molecule has 0 aromatic carbocycles. The monoisotopic (exact) mass is 143 g/mol. The van der Waals surface area contributed by atoms with Gasteiger partial charge in [-0.3, -0.25) is 0 Å². The smallest absolute Gasteiger partial charge is 0.0631 e. The van der Waals surface area contributed by atoms with Gasteiger partial charge in [0.25, 0.3) is 0 Å². The maximum absolute atomic E-state index is 9.46. The number of rotatable bonds is 2. The van der Waals surface area contributed by atoms with Gasteiger partial charge in [-0.15, -0.1) is 0 Å². The summed E-state index contributed by atoms with van der Waals surface area (Å²) < 4.78 is 0. The third-order valence-electron chi connectivity index (χ3n) is 2.69. The van der Waals surface area contributed by atoms with Crippen molar-refractivity contribution in [2.45, 2.75) is 38.7 Å². The minimum absolute atomic E-state index is 0.267. The standard InChI is InChI=1S/C8H17NO/c1-3-8(6-9)4-7(2,10)5-8/h10H,3-6,9H2,1-2H3. The molecule has 0 saturated heterocycles. The van der Waals surface area contributed by atoms with E-state index >= 15 is 0 Å². The van der Waals surface area contributed by atoms with Crippen LogP contribution in [-0.4, -0.2) is 17.3 Å². The van der Waals surface area contributed by atoms with Crippen molar-refractivity contribution in [1.82, 2.24) is 0 Å². The number of aliphatic hydroxyl groups is 1. The lowest BCUT2D eigenvalue weighted by Crippen LogP contribution is -2.53. The molecule has 2 heteroatoms. The molecule has 0 aliphatic heterocycles. The molecule has 60 valence electrons. The average molecular weight is 143 g/mol. The number of hydrogen-bond donors (Lipinski definition) is 2. The minimum atomic E-state index is -0.421. The zero-order valence-electron chi connectivity index (χ0n) is 6.85. The van der Waals surface area contributed by atoms with Crippen molar-refractivity contribution in [3.05, 3.63) is 0 Å². The third-order valence-corrected chi connectivity index (χ3v) is 2.69. The van der Waals surface area contributed by atoms with Crippen LogP contribution < -0.4 is 5.73 Å². The SMILES string of the molecule is CCC1(CN)CC(C)(O)C1. The van der Waals surface area contributed by atoms with Crippen LogP contribution in [0, 0.1) is 5.41 Å². The largest absolute Gasteiger partial charge is 0.390 e. The first-order chi connectivity index (χ1) is 4.54. The lowest BCUT2D eigenvalue weighted by atomic mass is 9.58. The summed E-state index contributed by atoms with van der Waals surface area (Å²) in [5.74, 6) is 0. The topological polar surface area (TPSA) is 46.2 Å². The predicted octanol–water partition coefficient (Wildman–Crippen LogP) is 0.886. The van der Waals surface area contributed by atoms with Gasteiger partial charge in [0, 0.05) is 0 Å². The highest BCUT2D eigenvalue weighted by Gasteiger charge is 2.48. The summed E-state index contributed by atoms with van der Waals surface area (Å²) in [6.07, 6.45) is 2.86. The highest BCUT2D eigenvalue weighted by Crippen LogP contribution is 2.49. The van der Waals surface area contributed by atoms with Gasteiger partial charge in [0.2, 0.25) is 0 Å². The zero-order valence-corrected chi connectivity index (χ0v) is 6.85. The summed E-state index contributed by atoms with van der Waals surface area (Å²) in [6, 6.07) is 0. The van der Waals surface area contributed by atoms with Crippen molar-refractivity contribution in [3.63, 3.8) is 0 Å². The minimum Gasteiger partial charge on any atom is -0.390 e. The number of nitrogens with two attached hydrogens (primary N) is 1. The number of hydrogen-bond acceptors (Lipinski definition) is 2. The van der Waals surface area contributed by atoms with E-state index in [1.165, 1.54) is 0 Å². The van der Waals surface area contributed by atoms with Crippen molar-refractivity contribution in [2.75, 3.05) is 6.54 Å². The highest BCUT2D eigenvalue weighted by molar-refractivity contribution is 5.01. The molecule has 0 atom stereocenters. The molecular weight excluding hydrogens is 126 g/mol. The molecule has 0 aromatic heterocycles. The van der Waals surface area contributed by atoms with Crippen molar-refractivity contribution in [2.24, 2.45) is 11.1 Å². The van der Waals surface area contributed by atoms with E-state index in [0.29, 0.717) is 0 Å². The molecule has 0 amide bonds. The molecule has 0 radical (unpaired) electrons. The second-order valence-corrected chi connectivity index (χ2v) is 3.91. The molecule has 1 aliphatic rings. The van der Waals surface area contributed by atoms with Gasteiger partial charge < -0.3 is 10.8 Å². The second kappa shape index (κ2) is 2.21. The van der Waals surface area contributed by atoms with E-state index in [1.54, 1.807) is 0 Å². The summed E-state index contributed by atoms with van der Waals surface area (Å²) in [5.41, 5.74) is 5.44. The predicted molar refractivity (Wildman–Crippen MR) is 41.6 cm³/mol. The molecule has 0 spiro atoms. The van der Waals surface area contributed by atoms with Crippen LogP contribution in [0.5, 0.6) is 0 Å². The first kappa shape index (κ1) is 8.02. The van der Waals surface area contributed by atoms with E-state index in [-0.39, 0.29) is 5.41 Å². The summed E-state index contributed by atoms with van der Waals surface area (Å²) >= 11 is 0. The Balaban J connectivity index is 2.46. The third kappa shape index (κ3) is 1.18. The fourth-order valence-corrected chi connectivity index (χ4v) is 2.10. The first-order valence-corrected chi connectivity index (χ1v) is 3.96. The van der Waals surface area contributed by atoms with Crippen LogP contribution in [0.3, 0.4) is 0 Å². The Morgan fingerprint density at radius 3 is 2.10 bits per heavy atom. The van der Waals surface area contributed by atoms with Gasteiger partial charge in [-0.2, -0.15) is 0 Å². The molecule has 1 aliphatic carbocycles. The second-order valence-electron chi connectivity index (χ2n) is 3.91. The maximum Gasteiger partial charge on any atom is 0.0631 e. The molecule has 0 bridgehead atoms. The van der Waals surface area contributed by atoms with E-state index in [9.17, 15) is 5.11 Å². The zero-order chi connectivity index (χ0) is 7.83. The Hall–Kier alpha value is -0.0800. The van der Waals surface area contributed by atoms with Gasteiger partial charge in [0.1, 0.15) is 0 Å². The van der Waals surface area contributed by atoms with Gasteiger partial charge in [-0.05, 0) is 38.1 Å². The summed E-state index contributed by atoms with van der Waals surface area (Å²) in [6.45, 7) is 4.75. The molecule has 0 unspecified atom stereocenters. The average Bonchev–Trinajstić information content (AvgIpc) is 1.82. The van der Waals surface area contributed by atoms with Crippen LogP contribution in [0.15, 0.2) is 0 Å². The molecule has 0 heterocycles. The van der Waals surface area contributed by atoms with E-state index in [4.69, 9.17) is 5.73 Å². The van der Waals surface area contributed by atoms with Crippen LogP contribution in [0.4, 0.5) is 0 Å². The Labute approximate surface area is 62.4 Å². The Morgan fingerprint density at radius 1 is 1.50 bits per heavy atom. The van der Waals surface area contributed by atoms with Gasteiger partial charge in [-0.25, -0.2) is 0 Å². The lowest BCUT2D eigenvalue weighted by molar-refractivity contribution is -0.112. The highest BCUT2D eigenvalue weighted by atomic mass is 16.3. The molecule has 1 rings (SSSR count). The van der Waals surface area contributed by atoms with Crippen LogP contribution in [0.1, 0.15) is 33.1 Å². The van der Waals surface area contributed by atoms with Crippen LogP contribution in [-0.2, 0) is 0 Å². The van der Waals surface area contributed by atoms with Crippen molar-refractivity contribution >= 4 is 0 Å². The normalized spacial score (nSPS) is 46.8. The van der Waals surface area contributed by atoms with Gasteiger partial charge >= 0.3 is 0 Å². The Kier molecular flexibility index (Phi) is 1.77. The maximum atomic E-state index is 9.46. The van der Waals surface area contributed by atoms with Crippen LogP contribution in [0.2, 0.25) is 0 Å². The Bertz CT molecular complexity index is 117. The van der Waals surface area contributed by atoms with Crippen molar-refractivity contribution in [1.29, 1.82) is 0 Å². The summed E-state index contributed by atoms with van der Waals surface area (Å²) in [5, 5.41) is 9.46. The summed E-state index contributed by atoms with van der Waals surface area (Å²) in [7, 11) is 0. The van der Waals surface area contributed by atoms with Crippen molar-refractivity contribution in [3.8, 4) is 0 Å². The van der Waals surface area contributed by atoms with E-state index in [1.807, 2.05) is 6.92 Å². The molecule has 2 nitrogen and oxygen atoms in total. The quantitative estimate of drug-likeness (QED) is 0.603. The van der Waals surface area contributed by atoms with Gasteiger partial charge in [0.15, 0.2) is 0 Å². The van der Waals surface area contributed by atoms with Crippen LogP contribution >= 0.6 is 0 Å². The molecule has 0 aromatic rings. The van der Waals surface area contributed by atoms with E-state index in [0.717, 1.165) is 25.8 Å². The fourth-order valence-electron chi connectivity index (χ4n) is 2.10. The van der Waals surface area contributed by atoms with Crippen molar-refractivity contribution < 1.29 is 5.11 Å². The Morgan fingerprint density at radius 2 is 2.00 bits per heavy atom. The molecule has 3 N–H and O–H groups in total. The molecular formula is C8H17NO. The fraction of sp³-hybridized carbons (Fsp3) is 1.00. The molecule has 10 heavy (non-hydrogen) atoms. The summed E-state index contributed by atoms with van der Waals surface area (Å²) in [4.78, 5) is 0. The van der Waals surface area contributed by atoms with E-state index in [2.05, 4.69) is 6.92 Å². The van der Waals surface area contributed by atoms with E-state index < -0.39 is 5.60 Å². The van der Waals surface area contributed by atoms with Gasteiger partial charge in [-0.1, -0.05) is 6.92 Å². The lowest BCUT2D eigenvalue weighted by Gasteiger charge is -2.51.